The van der Waals surface area contributed by atoms with E-state index in [1.54, 1.807) is 6.92 Å². The fourth-order valence-corrected chi connectivity index (χ4v) is 1.81. The molecule has 0 bridgehead atoms. The molecule has 1 rings (SSSR count). The fourth-order valence-electron chi connectivity index (χ4n) is 1.57. The molecular weight excluding hydrogens is 172 g/mol. The van der Waals surface area contributed by atoms with Crippen LogP contribution in [0.15, 0.2) is 0 Å². The van der Waals surface area contributed by atoms with E-state index >= 15 is 0 Å². The predicted molar refractivity (Wildman–Crippen MR) is 51.8 cm³/mol. The van der Waals surface area contributed by atoms with E-state index in [4.69, 9.17) is 18.0 Å². The van der Waals surface area contributed by atoms with Crippen LogP contribution in [0.3, 0.4) is 0 Å². The normalized spacial score (nSPS) is 22.8. The van der Waals surface area contributed by atoms with Gasteiger partial charge in [0.15, 0.2) is 0 Å². The number of likely N-dealkylation sites (tertiary alicyclic amines) is 1. The van der Waals surface area contributed by atoms with Crippen molar-refractivity contribution >= 4 is 23.1 Å². The summed E-state index contributed by atoms with van der Waals surface area (Å²) in [5.74, 6) is 0.645. The van der Waals surface area contributed by atoms with Gasteiger partial charge in [-0.25, -0.2) is 0 Å². The third-order valence-corrected chi connectivity index (χ3v) is 2.39. The van der Waals surface area contributed by atoms with Crippen LogP contribution in [0.4, 0.5) is 0 Å². The molecule has 1 amide bonds. The van der Waals surface area contributed by atoms with Crippen molar-refractivity contribution in [1.82, 2.24) is 4.90 Å². The fraction of sp³-hybridized carbons (Fsp3) is 0.750. The number of nitrogens with two attached hydrogens (primary N) is 1. The van der Waals surface area contributed by atoms with Gasteiger partial charge in [-0.1, -0.05) is 12.2 Å². The summed E-state index contributed by atoms with van der Waals surface area (Å²) in [5.41, 5.74) is 5.42. The predicted octanol–water partition coefficient (Wildman–Crippen LogP) is 0.531. The number of hydrogen-bond donors (Lipinski definition) is 1. The summed E-state index contributed by atoms with van der Waals surface area (Å²) in [4.78, 5) is 13.3. The van der Waals surface area contributed by atoms with E-state index in [9.17, 15) is 4.79 Å². The smallest absolute Gasteiger partial charge is 0.219 e. The lowest BCUT2D eigenvalue weighted by atomic mass is 10.1. The molecule has 1 fully saturated rings. The van der Waals surface area contributed by atoms with Crippen LogP contribution >= 0.6 is 12.2 Å². The molecule has 4 heteroatoms. The van der Waals surface area contributed by atoms with Crippen LogP contribution in [0.2, 0.25) is 0 Å². The van der Waals surface area contributed by atoms with Crippen molar-refractivity contribution in [2.24, 2.45) is 11.7 Å². The van der Waals surface area contributed by atoms with Crippen molar-refractivity contribution < 1.29 is 4.79 Å². The van der Waals surface area contributed by atoms with Gasteiger partial charge < -0.3 is 10.6 Å². The number of carbonyl (C=O) groups is 1. The van der Waals surface area contributed by atoms with Gasteiger partial charge >= 0.3 is 0 Å². The van der Waals surface area contributed by atoms with E-state index in [0.29, 0.717) is 10.9 Å². The lowest BCUT2D eigenvalue weighted by Crippen LogP contribution is -2.26. The van der Waals surface area contributed by atoms with Crippen molar-refractivity contribution in [2.75, 3.05) is 13.1 Å². The van der Waals surface area contributed by atoms with Crippen LogP contribution in [-0.2, 0) is 4.79 Å². The third-order valence-electron chi connectivity index (χ3n) is 2.22. The molecule has 1 heterocycles. The van der Waals surface area contributed by atoms with Crippen LogP contribution in [0.5, 0.6) is 0 Å². The molecule has 1 atom stereocenters. The van der Waals surface area contributed by atoms with Crippen molar-refractivity contribution in [3.05, 3.63) is 0 Å². The van der Waals surface area contributed by atoms with Gasteiger partial charge in [0.05, 0.1) is 4.99 Å². The van der Waals surface area contributed by atoms with Gasteiger partial charge in [0.1, 0.15) is 0 Å². The molecule has 0 radical (unpaired) electrons. The van der Waals surface area contributed by atoms with Gasteiger partial charge in [0, 0.05) is 26.4 Å². The van der Waals surface area contributed by atoms with E-state index < -0.39 is 0 Å². The molecule has 0 aliphatic carbocycles. The summed E-state index contributed by atoms with van der Waals surface area (Å²) in [7, 11) is 0. The Hall–Kier alpha value is -0.640. The summed E-state index contributed by atoms with van der Waals surface area (Å²) in [6, 6.07) is 0. The highest BCUT2D eigenvalue weighted by molar-refractivity contribution is 7.80. The maximum Gasteiger partial charge on any atom is 0.219 e. The average molecular weight is 186 g/mol. The highest BCUT2D eigenvalue weighted by Gasteiger charge is 2.24. The minimum absolute atomic E-state index is 0.153. The Morgan fingerprint density at radius 2 is 2.42 bits per heavy atom. The minimum Gasteiger partial charge on any atom is -0.393 e. The molecule has 0 aromatic rings. The summed E-state index contributed by atoms with van der Waals surface area (Å²) >= 11 is 4.81. The summed E-state index contributed by atoms with van der Waals surface area (Å²) in [6.45, 7) is 3.29. The van der Waals surface area contributed by atoms with Gasteiger partial charge in [-0.2, -0.15) is 0 Å². The zero-order valence-corrected chi connectivity index (χ0v) is 8.06. The molecule has 1 aliphatic heterocycles. The molecule has 0 aromatic carbocycles. The van der Waals surface area contributed by atoms with E-state index in [1.807, 2.05) is 4.90 Å². The van der Waals surface area contributed by atoms with E-state index in [0.717, 1.165) is 25.9 Å². The van der Waals surface area contributed by atoms with Gasteiger partial charge in [-0.15, -0.1) is 0 Å². The Bertz CT molecular complexity index is 205. The average Bonchev–Trinajstić information content (AvgIpc) is 2.34. The Morgan fingerprint density at radius 1 is 1.75 bits per heavy atom. The largest absolute Gasteiger partial charge is 0.393 e. The van der Waals surface area contributed by atoms with E-state index in [1.165, 1.54) is 0 Å². The molecule has 12 heavy (non-hydrogen) atoms. The van der Waals surface area contributed by atoms with E-state index in [-0.39, 0.29) is 5.91 Å². The molecule has 0 aromatic heterocycles. The Balaban J connectivity index is 2.35. The molecule has 0 spiro atoms. The molecule has 1 saturated heterocycles. The van der Waals surface area contributed by atoms with Gasteiger partial charge in [-0.3, -0.25) is 4.79 Å². The first-order valence-corrected chi connectivity index (χ1v) is 4.54. The number of hydrogen-bond acceptors (Lipinski definition) is 2. The molecular formula is C8H14N2OS. The monoisotopic (exact) mass is 186 g/mol. The second-order valence-corrected chi connectivity index (χ2v) is 3.81. The number of amides is 1. The quantitative estimate of drug-likeness (QED) is 0.640. The highest BCUT2D eigenvalue weighted by Crippen LogP contribution is 2.19. The highest BCUT2D eigenvalue weighted by atomic mass is 32.1. The zero-order valence-electron chi connectivity index (χ0n) is 7.25. The number of rotatable bonds is 2. The molecule has 0 saturated carbocycles. The van der Waals surface area contributed by atoms with Crippen LogP contribution in [0.25, 0.3) is 0 Å². The first-order valence-electron chi connectivity index (χ1n) is 4.13. The molecule has 1 aliphatic rings. The lowest BCUT2D eigenvalue weighted by molar-refractivity contribution is -0.127. The minimum atomic E-state index is 0.153. The number of carbonyl (C=O) groups excluding carboxylic acids is 1. The molecule has 3 nitrogen and oxygen atoms in total. The maximum absolute atomic E-state index is 10.9. The number of nitrogens with zero attached hydrogens (tertiary/aromatic N) is 1. The van der Waals surface area contributed by atoms with Crippen molar-refractivity contribution in [1.29, 1.82) is 0 Å². The van der Waals surface area contributed by atoms with Gasteiger partial charge in [0.25, 0.3) is 0 Å². The third kappa shape index (κ3) is 2.44. The second kappa shape index (κ2) is 3.85. The van der Waals surface area contributed by atoms with Gasteiger partial charge in [0.2, 0.25) is 5.91 Å². The summed E-state index contributed by atoms with van der Waals surface area (Å²) in [6.07, 6.45) is 1.82. The van der Waals surface area contributed by atoms with Gasteiger partial charge in [-0.05, 0) is 12.3 Å². The first-order chi connectivity index (χ1) is 5.59. The molecule has 1 unspecified atom stereocenters. The molecule has 2 N–H and O–H groups in total. The van der Waals surface area contributed by atoms with Crippen molar-refractivity contribution in [3.63, 3.8) is 0 Å². The lowest BCUT2D eigenvalue weighted by Gasteiger charge is -2.13. The SMILES string of the molecule is CC(=O)N1CCC(CC(N)=S)C1. The molecule has 68 valence electrons. The topological polar surface area (TPSA) is 46.3 Å². The number of thiocarbonyl (C=S) groups is 1. The van der Waals surface area contributed by atoms with Crippen molar-refractivity contribution in [3.8, 4) is 0 Å². The Morgan fingerprint density at radius 3 is 2.83 bits per heavy atom. The van der Waals surface area contributed by atoms with E-state index in [2.05, 4.69) is 0 Å². The van der Waals surface area contributed by atoms with Crippen LogP contribution in [0, 0.1) is 5.92 Å². The van der Waals surface area contributed by atoms with Crippen LogP contribution in [0.1, 0.15) is 19.8 Å². The standard InChI is InChI=1S/C8H14N2OS/c1-6(11)10-3-2-7(5-10)4-8(9)12/h7H,2-5H2,1H3,(H2,9,12). The maximum atomic E-state index is 10.9. The summed E-state index contributed by atoms with van der Waals surface area (Å²) < 4.78 is 0. The Labute approximate surface area is 77.9 Å². The van der Waals surface area contributed by atoms with Crippen LogP contribution in [-0.4, -0.2) is 28.9 Å². The summed E-state index contributed by atoms with van der Waals surface area (Å²) in [5, 5.41) is 0. The van der Waals surface area contributed by atoms with Crippen molar-refractivity contribution in [2.45, 2.75) is 19.8 Å². The first kappa shape index (κ1) is 9.45. The Kier molecular flexibility index (Phi) is 3.03. The second-order valence-electron chi connectivity index (χ2n) is 3.29. The van der Waals surface area contributed by atoms with Crippen LogP contribution < -0.4 is 5.73 Å². The zero-order chi connectivity index (χ0) is 9.14.